The quantitative estimate of drug-likeness (QED) is 0.171. The van der Waals surface area contributed by atoms with E-state index in [1.54, 1.807) is 49.4 Å². The van der Waals surface area contributed by atoms with Crippen LogP contribution < -0.4 is 10.9 Å². The maximum Gasteiger partial charge on any atom is 0.191 e. The molecule has 10 rings (SSSR count). The molecule has 0 unspecified atom stereocenters. The minimum atomic E-state index is -0.517. The third-order valence-corrected chi connectivity index (χ3v) is 10.4. The summed E-state index contributed by atoms with van der Waals surface area (Å²) in [5.74, 6) is -0.517. The van der Waals surface area contributed by atoms with Gasteiger partial charge < -0.3 is 9.97 Å². The topological polar surface area (TPSA) is 143 Å². The van der Waals surface area contributed by atoms with E-state index in [-0.39, 0.29) is 16.4 Å². The van der Waals surface area contributed by atoms with Gasteiger partial charge in [-0.2, -0.15) is 0 Å². The normalized spacial score (nSPS) is 11.5. The first-order chi connectivity index (χ1) is 27.9. The van der Waals surface area contributed by atoms with Gasteiger partial charge in [-0.3, -0.25) is 29.5 Å². The zero-order chi connectivity index (χ0) is 38.6. The van der Waals surface area contributed by atoms with Crippen molar-refractivity contribution >= 4 is 55.5 Å². The van der Waals surface area contributed by atoms with Crippen molar-refractivity contribution in [2.24, 2.45) is 0 Å². The third kappa shape index (κ3) is 6.06. The molecule has 0 bridgehead atoms. The first-order valence-corrected chi connectivity index (χ1v) is 18.3. The van der Waals surface area contributed by atoms with Crippen molar-refractivity contribution in [3.8, 4) is 44.8 Å². The summed E-state index contributed by atoms with van der Waals surface area (Å²) in [6, 6.07) is 26.7. The van der Waals surface area contributed by atoms with Gasteiger partial charge in [0.05, 0.1) is 32.7 Å². The maximum atomic E-state index is 16.1. The summed E-state index contributed by atoms with van der Waals surface area (Å²) in [6.07, 6.45) is 11.8. The lowest BCUT2D eigenvalue weighted by Gasteiger charge is -2.14. The highest BCUT2D eigenvalue weighted by Gasteiger charge is 2.19. The van der Waals surface area contributed by atoms with Crippen LogP contribution in [0.2, 0.25) is 5.02 Å². The van der Waals surface area contributed by atoms with Crippen molar-refractivity contribution in [2.75, 3.05) is 0 Å². The number of benzene rings is 2. The average molecular weight is 765 g/mol. The molecule has 57 heavy (non-hydrogen) atoms. The van der Waals surface area contributed by atoms with Crippen LogP contribution in [0.3, 0.4) is 0 Å². The van der Waals surface area contributed by atoms with Crippen LogP contribution >= 0.6 is 11.6 Å². The molecule has 2 N–H and O–H groups in total. The van der Waals surface area contributed by atoms with Gasteiger partial charge in [0.1, 0.15) is 22.6 Å². The molecule has 272 valence electrons. The second-order valence-corrected chi connectivity index (χ2v) is 14.0. The third-order valence-electron chi connectivity index (χ3n) is 10.1. The van der Waals surface area contributed by atoms with Crippen molar-refractivity contribution < 1.29 is 4.39 Å². The molecular formula is C45H26ClFN8O2. The Balaban J connectivity index is 1.11. The minimum Gasteiger partial charge on any atom is -0.346 e. The lowest BCUT2D eigenvalue weighted by Crippen LogP contribution is -2.04. The van der Waals surface area contributed by atoms with Gasteiger partial charge in [-0.1, -0.05) is 17.7 Å². The molecule has 0 saturated heterocycles. The minimum absolute atomic E-state index is 0.164. The molecule has 0 amide bonds. The Kier molecular flexibility index (Phi) is 8.15. The van der Waals surface area contributed by atoms with Gasteiger partial charge in [0, 0.05) is 101 Å². The number of fused-ring (bicyclic) bond motifs is 4. The summed E-state index contributed by atoms with van der Waals surface area (Å²) in [4.78, 5) is 59.6. The number of halogens is 2. The van der Waals surface area contributed by atoms with E-state index >= 15 is 4.39 Å². The number of hydrogen-bond acceptors (Lipinski definition) is 8. The van der Waals surface area contributed by atoms with Gasteiger partial charge in [-0.25, -0.2) is 14.4 Å². The van der Waals surface area contributed by atoms with E-state index in [9.17, 15) is 9.59 Å². The molecule has 0 saturated carbocycles. The summed E-state index contributed by atoms with van der Waals surface area (Å²) in [6.45, 7) is 0. The Labute approximate surface area is 326 Å². The Hall–Kier alpha value is -7.50. The Morgan fingerprint density at radius 1 is 0.579 bits per heavy atom. The molecule has 10 nitrogen and oxygen atoms in total. The van der Waals surface area contributed by atoms with E-state index in [1.807, 2.05) is 66.7 Å². The Morgan fingerprint density at radius 2 is 1.23 bits per heavy atom. The van der Waals surface area contributed by atoms with Crippen molar-refractivity contribution in [1.29, 1.82) is 0 Å². The van der Waals surface area contributed by atoms with Crippen LogP contribution in [0, 0.1) is 5.82 Å². The number of H-pyrrole nitrogens is 2. The van der Waals surface area contributed by atoms with E-state index in [2.05, 4.69) is 24.9 Å². The molecule has 0 fully saturated rings. The number of nitrogens with zero attached hydrogens (tertiary/aromatic N) is 6. The largest absolute Gasteiger partial charge is 0.346 e. The first kappa shape index (κ1) is 34.0. The van der Waals surface area contributed by atoms with Crippen LogP contribution in [0.15, 0.2) is 144 Å². The molecular weight excluding hydrogens is 739 g/mol. The second-order valence-electron chi connectivity index (χ2n) is 13.6. The fourth-order valence-corrected chi connectivity index (χ4v) is 7.66. The molecule has 0 atom stereocenters. The fourth-order valence-electron chi connectivity index (χ4n) is 7.38. The van der Waals surface area contributed by atoms with Gasteiger partial charge in [0.25, 0.3) is 0 Å². The molecule has 12 heteroatoms. The number of aromatic nitrogens is 8. The number of nitrogens with one attached hydrogen (secondary N) is 2. The summed E-state index contributed by atoms with van der Waals surface area (Å²) < 4.78 is 16.1. The van der Waals surface area contributed by atoms with Crippen molar-refractivity contribution in [1.82, 2.24) is 39.9 Å². The summed E-state index contributed by atoms with van der Waals surface area (Å²) in [5.41, 5.74) is 8.12. The molecule has 0 spiro atoms. The molecule has 10 aromatic rings. The number of hydrogen-bond donors (Lipinski definition) is 2. The molecule has 0 radical (unpaired) electrons. The van der Waals surface area contributed by atoms with Crippen LogP contribution in [-0.4, -0.2) is 39.9 Å². The number of pyridine rings is 8. The van der Waals surface area contributed by atoms with Crippen LogP contribution in [0.1, 0.15) is 11.3 Å². The predicted molar refractivity (Wildman–Crippen MR) is 220 cm³/mol. The van der Waals surface area contributed by atoms with E-state index in [1.165, 1.54) is 18.2 Å². The average Bonchev–Trinajstić information content (AvgIpc) is 3.24. The van der Waals surface area contributed by atoms with Gasteiger partial charge in [-0.15, -0.1) is 0 Å². The first-order valence-electron chi connectivity index (χ1n) is 17.9. The SMILES string of the molecule is O=c1cc[nH]c2nc(-c3ccncc3)c(-c3cc(F)c4nccc(Cc5cc(-c6nc7[nH]ccc(=O)c7cc6-c6cc(Cl)c7ncccc7c6)ccn5)c4c3)cc12. The highest BCUT2D eigenvalue weighted by molar-refractivity contribution is 6.35. The summed E-state index contributed by atoms with van der Waals surface area (Å²) in [7, 11) is 0. The molecule has 0 aliphatic carbocycles. The van der Waals surface area contributed by atoms with Crippen molar-refractivity contribution in [2.45, 2.75) is 6.42 Å². The lowest BCUT2D eigenvalue weighted by molar-refractivity contribution is 0.637. The lowest BCUT2D eigenvalue weighted by atomic mass is 9.94. The standard InChI is InChI=1S/C45H26ClFN8O2/c46-36-20-28(16-26-2-1-9-50-42(26)36)32-22-34-38(56)8-15-53-45(34)55-41(32)27-6-12-49-30(18-27)17-25-5-13-51-43-31(25)19-29(21-37(43)47)33-23-35-39(57)7-14-52-44(35)54-40(33)24-3-10-48-11-4-24/h1-16,18-23H,17H2,(H,52,54,57)(H,53,55,56). The zero-order valence-electron chi connectivity index (χ0n) is 29.7. The summed E-state index contributed by atoms with van der Waals surface area (Å²) >= 11 is 6.74. The summed E-state index contributed by atoms with van der Waals surface area (Å²) in [5, 5.41) is 2.73. The van der Waals surface area contributed by atoms with Crippen LogP contribution in [-0.2, 0) is 6.42 Å². The van der Waals surface area contributed by atoms with Crippen molar-refractivity contribution in [3.63, 3.8) is 0 Å². The van der Waals surface area contributed by atoms with Crippen LogP contribution in [0.25, 0.3) is 88.6 Å². The molecule has 8 aromatic heterocycles. The fraction of sp³-hybridized carbons (Fsp3) is 0.0222. The maximum absolute atomic E-state index is 16.1. The van der Waals surface area contributed by atoms with E-state index in [0.29, 0.717) is 78.2 Å². The number of rotatable bonds is 6. The van der Waals surface area contributed by atoms with Crippen molar-refractivity contribution in [3.05, 3.63) is 177 Å². The monoisotopic (exact) mass is 764 g/mol. The highest BCUT2D eigenvalue weighted by Crippen LogP contribution is 2.38. The van der Waals surface area contributed by atoms with Crippen LogP contribution in [0.4, 0.5) is 4.39 Å². The molecule has 0 aliphatic rings. The predicted octanol–water partition coefficient (Wildman–Crippen LogP) is 9.10. The van der Waals surface area contributed by atoms with E-state index < -0.39 is 5.82 Å². The molecule has 8 heterocycles. The van der Waals surface area contributed by atoms with Gasteiger partial charge in [0.2, 0.25) is 0 Å². The zero-order valence-corrected chi connectivity index (χ0v) is 30.4. The molecule has 2 aromatic carbocycles. The van der Waals surface area contributed by atoms with E-state index in [0.717, 1.165) is 27.6 Å². The van der Waals surface area contributed by atoms with Gasteiger partial charge in [-0.05, 0) is 89.5 Å². The van der Waals surface area contributed by atoms with E-state index in [4.69, 9.17) is 26.6 Å². The smallest absolute Gasteiger partial charge is 0.191 e. The molecule has 0 aliphatic heterocycles. The second kappa shape index (κ2) is 13.7. The number of aromatic amines is 2. The Bertz CT molecular complexity index is 3370. The van der Waals surface area contributed by atoms with Crippen LogP contribution in [0.5, 0.6) is 0 Å². The highest BCUT2D eigenvalue weighted by atomic mass is 35.5. The van der Waals surface area contributed by atoms with Gasteiger partial charge in [0.15, 0.2) is 10.9 Å². The Morgan fingerprint density at radius 3 is 1.96 bits per heavy atom. The van der Waals surface area contributed by atoms with Gasteiger partial charge >= 0.3 is 0 Å².